The van der Waals surface area contributed by atoms with Gasteiger partial charge in [0.25, 0.3) is 0 Å². The number of fused-ring (bicyclic) bond motifs is 1. The molecule has 1 aromatic carbocycles. The van der Waals surface area contributed by atoms with Crippen LogP contribution in [0.1, 0.15) is 18.2 Å². The van der Waals surface area contributed by atoms with E-state index in [2.05, 4.69) is 5.16 Å². The lowest BCUT2D eigenvalue weighted by atomic mass is 10.1. The van der Waals surface area contributed by atoms with E-state index in [0.717, 1.165) is 17.4 Å². The van der Waals surface area contributed by atoms with Crippen molar-refractivity contribution >= 4 is 16.9 Å². The lowest BCUT2D eigenvalue weighted by Crippen LogP contribution is -2.00. The van der Waals surface area contributed by atoms with Gasteiger partial charge in [0.2, 0.25) is 0 Å². The average molecular weight is 205 g/mol. The normalized spacial score (nSPS) is 10.7. The Morgan fingerprint density at radius 3 is 3.00 bits per heavy atom. The third kappa shape index (κ3) is 1.83. The summed E-state index contributed by atoms with van der Waals surface area (Å²) in [6.45, 7) is 2.05. The fourth-order valence-electron chi connectivity index (χ4n) is 1.53. The predicted molar refractivity (Wildman–Crippen MR) is 54.7 cm³/mol. The summed E-state index contributed by atoms with van der Waals surface area (Å²) in [4.78, 5) is 10.6. The summed E-state index contributed by atoms with van der Waals surface area (Å²) in [5.41, 5.74) is 2.29. The molecule has 2 aromatic rings. The lowest BCUT2D eigenvalue weighted by molar-refractivity contribution is -0.136. The molecule has 0 aliphatic heterocycles. The molecule has 0 aliphatic rings. The van der Waals surface area contributed by atoms with Crippen molar-refractivity contribution < 1.29 is 14.4 Å². The van der Waals surface area contributed by atoms with Crippen LogP contribution < -0.4 is 0 Å². The Kier molecular flexibility index (Phi) is 2.41. The van der Waals surface area contributed by atoms with E-state index < -0.39 is 5.97 Å². The number of hydrogen-bond acceptors (Lipinski definition) is 3. The van der Waals surface area contributed by atoms with Crippen molar-refractivity contribution in [1.29, 1.82) is 0 Å². The number of carbonyl (C=O) groups is 1. The summed E-state index contributed by atoms with van der Waals surface area (Å²) in [5, 5.41) is 13.2. The van der Waals surface area contributed by atoms with E-state index in [0.29, 0.717) is 11.3 Å². The second-order valence-electron chi connectivity index (χ2n) is 3.38. The second kappa shape index (κ2) is 3.73. The molecule has 0 amide bonds. The molecular weight excluding hydrogens is 194 g/mol. The van der Waals surface area contributed by atoms with Gasteiger partial charge in [-0.25, -0.2) is 0 Å². The van der Waals surface area contributed by atoms with Crippen molar-refractivity contribution in [3.8, 4) is 0 Å². The van der Waals surface area contributed by atoms with Crippen molar-refractivity contribution in [2.75, 3.05) is 0 Å². The molecule has 0 atom stereocenters. The highest BCUT2D eigenvalue weighted by molar-refractivity contribution is 5.84. The van der Waals surface area contributed by atoms with E-state index in [1.54, 1.807) is 0 Å². The first-order chi connectivity index (χ1) is 7.20. The maximum atomic E-state index is 10.6. The molecule has 15 heavy (non-hydrogen) atoms. The molecule has 0 spiro atoms. The van der Waals surface area contributed by atoms with E-state index in [1.165, 1.54) is 0 Å². The first-order valence-electron chi connectivity index (χ1n) is 4.79. The highest BCUT2D eigenvalue weighted by atomic mass is 16.5. The maximum absolute atomic E-state index is 10.6. The molecule has 4 nitrogen and oxygen atoms in total. The van der Waals surface area contributed by atoms with Crippen molar-refractivity contribution in [3.63, 3.8) is 0 Å². The number of carboxylic acid groups (broad SMARTS) is 1. The zero-order chi connectivity index (χ0) is 10.8. The van der Waals surface area contributed by atoms with Crippen LogP contribution in [0.4, 0.5) is 0 Å². The Morgan fingerprint density at radius 2 is 2.33 bits per heavy atom. The molecule has 0 fully saturated rings. The Balaban J connectivity index is 2.51. The average Bonchev–Trinajstić information content (AvgIpc) is 2.60. The van der Waals surface area contributed by atoms with E-state index in [-0.39, 0.29) is 6.42 Å². The summed E-state index contributed by atoms with van der Waals surface area (Å²) < 4.78 is 5.04. The van der Waals surface area contributed by atoms with Crippen LogP contribution in [0.3, 0.4) is 0 Å². The number of aryl methyl sites for hydroxylation is 1. The molecule has 0 bridgehead atoms. The predicted octanol–water partition coefficient (Wildman–Crippen LogP) is 2.02. The van der Waals surface area contributed by atoms with E-state index in [4.69, 9.17) is 9.63 Å². The fourth-order valence-corrected chi connectivity index (χ4v) is 1.53. The van der Waals surface area contributed by atoms with Crippen molar-refractivity contribution in [1.82, 2.24) is 5.16 Å². The highest BCUT2D eigenvalue weighted by Crippen LogP contribution is 2.20. The number of hydrogen-bond donors (Lipinski definition) is 1. The standard InChI is InChI=1S/C11H11NO3/c1-2-7-3-4-10-8(5-7)9(12-15-10)6-11(13)14/h3-5H,2,6H2,1H3,(H,13,14). The number of aromatic nitrogens is 1. The van der Waals surface area contributed by atoms with E-state index >= 15 is 0 Å². The molecular formula is C11H11NO3. The Bertz CT molecular complexity index is 502. The fraction of sp³-hybridized carbons (Fsp3) is 0.273. The highest BCUT2D eigenvalue weighted by Gasteiger charge is 2.11. The Morgan fingerprint density at radius 1 is 1.53 bits per heavy atom. The van der Waals surface area contributed by atoms with Crippen LogP contribution in [0.15, 0.2) is 22.7 Å². The lowest BCUT2D eigenvalue weighted by Gasteiger charge is -1.95. The first kappa shape index (κ1) is 9.71. The molecule has 0 unspecified atom stereocenters. The van der Waals surface area contributed by atoms with Gasteiger partial charge in [-0.2, -0.15) is 0 Å². The van der Waals surface area contributed by atoms with Gasteiger partial charge in [-0.15, -0.1) is 0 Å². The van der Waals surface area contributed by atoms with Gasteiger partial charge in [-0.05, 0) is 24.1 Å². The van der Waals surface area contributed by atoms with Gasteiger partial charge in [-0.3, -0.25) is 4.79 Å². The monoisotopic (exact) mass is 205 g/mol. The minimum atomic E-state index is -0.896. The van der Waals surface area contributed by atoms with Gasteiger partial charge in [0.15, 0.2) is 5.58 Å². The van der Waals surface area contributed by atoms with Gasteiger partial charge in [-0.1, -0.05) is 18.1 Å². The van der Waals surface area contributed by atoms with Crippen LogP contribution in [0.2, 0.25) is 0 Å². The summed E-state index contributed by atoms with van der Waals surface area (Å²) in [7, 11) is 0. The molecule has 78 valence electrons. The van der Waals surface area contributed by atoms with Crippen LogP contribution in [0, 0.1) is 0 Å². The van der Waals surface area contributed by atoms with Crippen LogP contribution in [0.5, 0.6) is 0 Å². The topological polar surface area (TPSA) is 63.3 Å². The number of nitrogens with zero attached hydrogens (tertiary/aromatic N) is 1. The van der Waals surface area contributed by atoms with Gasteiger partial charge >= 0.3 is 5.97 Å². The van der Waals surface area contributed by atoms with Crippen LogP contribution in [-0.2, 0) is 17.6 Å². The SMILES string of the molecule is CCc1ccc2onc(CC(=O)O)c2c1. The largest absolute Gasteiger partial charge is 0.481 e. The molecule has 1 heterocycles. The van der Waals surface area contributed by atoms with E-state index in [9.17, 15) is 4.79 Å². The van der Waals surface area contributed by atoms with Gasteiger partial charge < -0.3 is 9.63 Å². The molecule has 1 N–H and O–H groups in total. The molecule has 0 radical (unpaired) electrons. The molecule has 0 aliphatic carbocycles. The van der Waals surface area contributed by atoms with Crippen molar-refractivity contribution in [2.45, 2.75) is 19.8 Å². The Hall–Kier alpha value is -1.84. The van der Waals surface area contributed by atoms with Crippen LogP contribution >= 0.6 is 0 Å². The summed E-state index contributed by atoms with van der Waals surface area (Å²) in [6, 6.07) is 5.72. The summed E-state index contributed by atoms with van der Waals surface area (Å²) in [6.07, 6.45) is 0.813. The molecule has 2 rings (SSSR count). The maximum Gasteiger partial charge on any atom is 0.309 e. The zero-order valence-corrected chi connectivity index (χ0v) is 8.36. The minimum Gasteiger partial charge on any atom is -0.481 e. The molecule has 4 heteroatoms. The van der Waals surface area contributed by atoms with Crippen molar-refractivity contribution in [3.05, 3.63) is 29.5 Å². The second-order valence-corrected chi connectivity index (χ2v) is 3.38. The summed E-state index contributed by atoms with van der Waals surface area (Å²) in [5.74, 6) is -0.896. The minimum absolute atomic E-state index is 0.0971. The van der Waals surface area contributed by atoms with Crippen LogP contribution in [0.25, 0.3) is 11.0 Å². The van der Waals surface area contributed by atoms with Gasteiger partial charge in [0, 0.05) is 5.39 Å². The zero-order valence-electron chi connectivity index (χ0n) is 8.36. The number of carboxylic acids is 1. The van der Waals surface area contributed by atoms with Crippen LogP contribution in [-0.4, -0.2) is 16.2 Å². The van der Waals surface area contributed by atoms with E-state index in [1.807, 2.05) is 25.1 Å². The molecule has 0 saturated heterocycles. The number of benzene rings is 1. The molecule has 1 aromatic heterocycles. The third-order valence-electron chi connectivity index (χ3n) is 2.34. The Labute approximate surface area is 86.5 Å². The number of aliphatic carboxylic acids is 1. The van der Waals surface area contributed by atoms with Gasteiger partial charge in [0.05, 0.1) is 6.42 Å². The smallest absolute Gasteiger partial charge is 0.309 e. The number of rotatable bonds is 3. The first-order valence-corrected chi connectivity index (χ1v) is 4.79. The molecule has 0 saturated carbocycles. The van der Waals surface area contributed by atoms with Crippen molar-refractivity contribution in [2.24, 2.45) is 0 Å². The van der Waals surface area contributed by atoms with Gasteiger partial charge in [0.1, 0.15) is 5.69 Å². The quantitative estimate of drug-likeness (QED) is 0.832. The summed E-state index contributed by atoms with van der Waals surface area (Å²) >= 11 is 0. The third-order valence-corrected chi connectivity index (χ3v) is 2.34.